The molecule has 6 heteroatoms. The second-order valence-corrected chi connectivity index (χ2v) is 10.7. The van der Waals surface area contributed by atoms with Gasteiger partial charge in [-0.1, -0.05) is 91.5 Å². The highest BCUT2D eigenvalue weighted by Gasteiger charge is 2.66. The molecule has 2 N–H and O–H groups in total. The molecule has 6 rings (SSSR count). The molecule has 0 fully saturated rings. The lowest BCUT2D eigenvalue weighted by atomic mass is 9.66. The SMILES string of the molecule is Clc1ccccc1[C@]12Nc3ccc(Br)cc3[C@@]1(c1ccccc1Cl)Nc1ccc(Br)cc12. The van der Waals surface area contributed by atoms with Gasteiger partial charge in [0.25, 0.3) is 0 Å². The number of halogens is 4. The molecule has 4 aromatic carbocycles. The molecule has 0 aromatic heterocycles. The molecule has 0 aliphatic carbocycles. The Morgan fingerprint density at radius 3 is 1.34 bits per heavy atom. The minimum absolute atomic E-state index is 0.693. The van der Waals surface area contributed by atoms with Gasteiger partial charge in [0.15, 0.2) is 0 Å². The van der Waals surface area contributed by atoms with Crippen LogP contribution in [0.3, 0.4) is 0 Å². The standard InChI is InChI=1S/C26H16Br2Cl2N2/c27-15-9-11-23-19(13-15)25(17-5-1-3-7-21(17)29)26(32-23,18-6-2-4-8-22(18)30)20-14-16(28)10-12-24(20)31-25/h1-14,31-32H/t25-,26-/m1/s1. The lowest BCUT2D eigenvalue weighted by molar-refractivity contribution is 0.439. The summed E-state index contributed by atoms with van der Waals surface area (Å²) in [4.78, 5) is 0. The molecule has 0 saturated heterocycles. The van der Waals surface area contributed by atoms with Crippen LogP contribution >= 0.6 is 55.1 Å². The number of anilines is 2. The molecule has 0 unspecified atom stereocenters. The highest BCUT2D eigenvalue weighted by atomic mass is 79.9. The van der Waals surface area contributed by atoms with Crippen LogP contribution in [-0.2, 0) is 11.1 Å². The summed E-state index contributed by atoms with van der Waals surface area (Å²) >= 11 is 21.2. The van der Waals surface area contributed by atoms with E-state index in [0.29, 0.717) is 10.0 Å². The third kappa shape index (κ3) is 2.58. The second-order valence-electron chi connectivity index (χ2n) is 8.09. The zero-order valence-electron chi connectivity index (χ0n) is 16.6. The van der Waals surface area contributed by atoms with Crippen LogP contribution in [0, 0.1) is 0 Å². The third-order valence-electron chi connectivity index (χ3n) is 6.53. The van der Waals surface area contributed by atoms with Crippen LogP contribution in [-0.4, -0.2) is 0 Å². The van der Waals surface area contributed by atoms with Crippen LogP contribution in [0.15, 0.2) is 93.9 Å². The molecule has 2 aliphatic heterocycles. The van der Waals surface area contributed by atoms with Crippen molar-refractivity contribution in [1.82, 2.24) is 0 Å². The average Bonchev–Trinajstić information content (AvgIpc) is 3.22. The summed E-state index contributed by atoms with van der Waals surface area (Å²) in [5.41, 5.74) is 4.80. The summed E-state index contributed by atoms with van der Waals surface area (Å²) in [7, 11) is 0. The maximum Gasteiger partial charge on any atom is 0.124 e. The van der Waals surface area contributed by atoms with Crippen molar-refractivity contribution < 1.29 is 0 Å². The first-order chi connectivity index (χ1) is 15.5. The molecule has 2 atom stereocenters. The number of nitrogens with one attached hydrogen (secondary N) is 2. The number of hydrogen-bond donors (Lipinski definition) is 2. The largest absolute Gasteiger partial charge is 0.369 e. The molecule has 2 nitrogen and oxygen atoms in total. The molecule has 0 radical (unpaired) electrons. The Balaban J connectivity index is 1.83. The Kier molecular flexibility index (Phi) is 4.68. The first-order valence-electron chi connectivity index (χ1n) is 10.1. The molecule has 0 bridgehead atoms. The van der Waals surface area contributed by atoms with Crippen LogP contribution in [0.25, 0.3) is 0 Å². The van der Waals surface area contributed by atoms with Crippen molar-refractivity contribution in [3.63, 3.8) is 0 Å². The number of hydrogen-bond acceptors (Lipinski definition) is 2. The molecule has 32 heavy (non-hydrogen) atoms. The summed E-state index contributed by atoms with van der Waals surface area (Å²) < 4.78 is 2.00. The quantitative estimate of drug-likeness (QED) is 0.246. The van der Waals surface area contributed by atoms with Gasteiger partial charge in [0.05, 0.1) is 0 Å². The first kappa shape index (κ1) is 20.6. The van der Waals surface area contributed by atoms with Crippen molar-refractivity contribution in [2.24, 2.45) is 0 Å². The fourth-order valence-electron chi connectivity index (χ4n) is 5.36. The van der Waals surface area contributed by atoms with Gasteiger partial charge in [0.2, 0.25) is 0 Å². The maximum absolute atomic E-state index is 6.91. The number of rotatable bonds is 2. The number of fused-ring (bicyclic) bond motifs is 5. The summed E-state index contributed by atoms with van der Waals surface area (Å²) in [6.45, 7) is 0. The third-order valence-corrected chi connectivity index (χ3v) is 8.18. The van der Waals surface area contributed by atoms with E-state index in [1.165, 1.54) is 0 Å². The molecule has 0 spiro atoms. The van der Waals surface area contributed by atoms with E-state index in [1.807, 2.05) is 36.4 Å². The zero-order valence-corrected chi connectivity index (χ0v) is 21.3. The maximum atomic E-state index is 6.91. The van der Waals surface area contributed by atoms with Crippen LogP contribution in [0.1, 0.15) is 22.3 Å². The Labute approximate surface area is 213 Å². The molecule has 158 valence electrons. The van der Waals surface area contributed by atoms with Crippen LogP contribution in [0.4, 0.5) is 11.4 Å². The fraction of sp³-hybridized carbons (Fsp3) is 0.0769. The summed E-state index contributed by atoms with van der Waals surface area (Å²) in [5, 5.41) is 9.18. The van der Waals surface area contributed by atoms with Gasteiger partial charge in [-0.25, -0.2) is 0 Å². The van der Waals surface area contributed by atoms with Gasteiger partial charge in [-0.3, -0.25) is 0 Å². The molecule has 4 aromatic rings. The van der Waals surface area contributed by atoms with Crippen molar-refractivity contribution in [2.75, 3.05) is 10.6 Å². The Bertz CT molecular complexity index is 1300. The van der Waals surface area contributed by atoms with Crippen molar-refractivity contribution in [3.8, 4) is 0 Å². The monoisotopic (exact) mass is 584 g/mol. The predicted octanol–water partition coefficient (Wildman–Crippen LogP) is 8.56. The van der Waals surface area contributed by atoms with E-state index in [1.54, 1.807) is 0 Å². The van der Waals surface area contributed by atoms with Crippen molar-refractivity contribution in [2.45, 2.75) is 11.1 Å². The first-order valence-corrected chi connectivity index (χ1v) is 12.5. The van der Waals surface area contributed by atoms with Gasteiger partial charge >= 0.3 is 0 Å². The van der Waals surface area contributed by atoms with Gasteiger partial charge < -0.3 is 10.6 Å². The second kappa shape index (κ2) is 7.26. The van der Waals surface area contributed by atoms with E-state index in [4.69, 9.17) is 23.2 Å². The lowest BCUT2D eigenvalue weighted by Gasteiger charge is -2.43. The minimum atomic E-state index is -0.724. The highest BCUT2D eigenvalue weighted by Crippen LogP contribution is 2.66. The van der Waals surface area contributed by atoms with E-state index in [2.05, 4.69) is 91.0 Å². The van der Waals surface area contributed by atoms with Gasteiger partial charge in [-0.2, -0.15) is 0 Å². The summed E-state index contributed by atoms with van der Waals surface area (Å²) in [5.74, 6) is 0. The van der Waals surface area contributed by atoms with Gasteiger partial charge in [-0.15, -0.1) is 0 Å². The van der Waals surface area contributed by atoms with Crippen LogP contribution < -0.4 is 10.6 Å². The summed E-state index contributed by atoms with van der Waals surface area (Å²) in [6, 6.07) is 28.7. The zero-order chi connectivity index (χ0) is 22.1. The lowest BCUT2D eigenvalue weighted by Crippen LogP contribution is -2.52. The Morgan fingerprint density at radius 2 is 0.938 bits per heavy atom. The van der Waals surface area contributed by atoms with Gasteiger partial charge in [-0.05, 0) is 48.5 Å². The normalized spacial score (nSPS) is 22.5. The molecule has 2 heterocycles. The molecular weight excluding hydrogens is 571 g/mol. The summed E-state index contributed by atoms with van der Waals surface area (Å²) in [6.07, 6.45) is 0. The fourth-order valence-corrected chi connectivity index (χ4v) is 6.64. The molecule has 0 amide bonds. The van der Waals surface area contributed by atoms with E-state index < -0.39 is 11.1 Å². The average molecular weight is 587 g/mol. The Morgan fingerprint density at radius 1 is 0.531 bits per heavy atom. The van der Waals surface area contributed by atoms with Gasteiger partial charge in [0, 0.05) is 52.6 Å². The van der Waals surface area contributed by atoms with E-state index in [0.717, 1.165) is 42.6 Å². The topological polar surface area (TPSA) is 24.1 Å². The minimum Gasteiger partial charge on any atom is -0.369 e. The predicted molar refractivity (Wildman–Crippen MR) is 140 cm³/mol. The molecular formula is C26H16Br2Cl2N2. The smallest absolute Gasteiger partial charge is 0.124 e. The van der Waals surface area contributed by atoms with E-state index >= 15 is 0 Å². The molecule has 2 aliphatic rings. The number of benzene rings is 4. The molecule has 0 saturated carbocycles. The Hall–Kier alpha value is -1.98. The van der Waals surface area contributed by atoms with E-state index in [-0.39, 0.29) is 0 Å². The van der Waals surface area contributed by atoms with E-state index in [9.17, 15) is 0 Å². The van der Waals surface area contributed by atoms with Crippen LogP contribution in [0.2, 0.25) is 10.0 Å². The van der Waals surface area contributed by atoms with Gasteiger partial charge in [0.1, 0.15) is 11.1 Å². The highest BCUT2D eigenvalue weighted by molar-refractivity contribution is 9.10. The van der Waals surface area contributed by atoms with Crippen molar-refractivity contribution >= 4 is 66.4 Å². The van der Waals surface area contributed by atoms with Crippen molar-refractivity contribution in [3.05, 3.63) is 126 Å². The van der Waals surface area contributed by atoms with Crippen LogP contribution in [0.5, 0.6) is 0 Å². The van der Waals surface area contributed by atoms with Crippen molar-refractivity contribution in [1.29, 1.82) is 0 Å².